The van der Waals surface area contributed by atoms with E-state index in [-0.39, 0.29) is 5.91 Å². The number of pyridine rings is 1. The molecule has 110 valence electrons. The SMILES string of the molecule is CCCC1CCCCN1C(=O)c1cc(NC)ncc1Cl. The van der Waals surface area contributed by atoms with Crippen LogP contribution in [0.25, 0.3) is 0 Å². The highest BCUT2D eigenvalue weighted by Crippen LogP contribution is 2.26. The third kappa shape index (κ3) is 3.23. The van der Waals surface area contributed by atoms with Gasteiger partial charge in [-0.05, 0) is 31.7 Å². The molecule has 2 rings (SSSR count). The lowest BCUT2D eigenvalue weighted by Crippen LogP contribution is -2.43. The van der Waals surface area contributed by atoms with E-state index in [9.17, 15) is 4.79 Å². The molecule has 0 bridgehead atoms. The molecule has 0 aliphatic carbocycles. The zero-order valence-electron chi connectivity index (χ0n) is 12.2. The third-order valence-corrected chi connectivity index (χ3v) is 4.15. The van der Waals surface area contributed by atoms with Crippen LogP contribution in [0.1, 0.15) is 49.4 Å². The fraction of sp³-hybridized carbons (Fsp3) is 0.600. The van der Waals surface area contributed by atoms with Crippen molar-refractivity contribution in [3.63, 3.8) is 0 Å². The van der Waals surface area contributed by atoms with Gasteiger partial charge in [0.2, 0.25) is 0 Å². The summed E-state index contributed by atoms with van der Waals surface area (Å²) >= 11 is 6.15. The number of amides is 1. The highest BCUT2D eigenvalue weighted by atomic mass is 35.5. The summed E-state index contributed by atoms with van der Waals surface area (Å²) in [6.07, 6.45) is 7.09. The predicted molar refractivity (Wildman–Crippen MR) is 82.4 cm³/mol. The molecule has 0 aromatic carbocycles. The Morgan fingerprint density at radius 3 is 3.05 bits per heavy atom. The summed E-state index contributed by atoms with van der Waals surface area (Å²) in [7, 11) is 1.78. The molecule has 1 aliphatic heterocycles. The number of halogens is 1. The van der Waals surface area contributed by atoms with Crippen LogP contribution in [0.5, 0.6) is 0 Å². The topological polar surface area (TPSA) is 45.2 Å². The minimum atomic E-state index is 0.0343. The second kappa shape index (κ2) is 6.93. The molecule has 0 spiro atoms. The standard InChI is InChI=1S/C15H22ClN3O/c1-3-6-11-7-4-5-8-19(11)15(20)12-9-14(17-2)18-10-13(12)16/h9-11H,3-8H2,1-2H3,(H,17,18). The van der Waals surface area contributed by atoms with Gasteiger partial charge >= 0.3 is 0 Å². The highest BCUT2D eigenvalue weighted by Gasteiger charge is 2.28. The molecule has 0 saturated carbocycles. The average molecular weight is 296 g/mol. The second-order valence-corrected chi connectivity index (χ2v) is 5.64. The molecule has 0 radical (unpaired) electrons. The lowest BCUT2D eigenvalue weighted by Gasteiger charge is -2.36. The Hall–Kier alpha value is -1.29. The van der Waals surface area contributed by atoms with Crippen molar-refractivity contribution in [2.75, 3.05) is 18.9 Å². The molecular formula is C15H22ClN3O. The van der Waals surface area contributed by atoms with Crippen LogP contribution >= 0.6 is 11.6 Å². The molecule has 20 heavy (non-hydrogen) atoms. The maximum absolute atomic E-state index is 12.8. The molecule has 1 fully saturated rings. The summed E-state index contributed by atoms with van der Waals surface area (Å²) in [5.41, 5.74) is 0.550. The van der Waals surface area contributed by atoms with E-state index in [4.69, 9.17) is 11.6 Å². The molecule has 1 aromatic heterocycles. The number of hydrogen-bond donors (Lipinski definition) is 1. The molecule has 1 saturated heterocycles. The first-order valence-corrected chi connectivity index (χ1v) is 7.69. The minimum absolute atomic E-state index is 0.0343. The van der Waals surface area contributed by atoms with Crippen molar-refractivity contribution in [3.8, 4) is 0 Å². The fourth-order valence-corrected chi connectivity index (χ4v) is 2.98. The average Bonchev–Trinajstić information content (AvgIpc) is 2.48. The van der Waals surface area contributed by atoms with Gasteiger partial charge in [-0.2, -0.15) is 0 Å². The Kier molecular flexibility index (Phi) is 5.24. The summed E-state index contributed by atoms with van der Waals surface area (Å²) in [4.78, 5) is 18.9. The van der Waals surface area contributed by atoms with Gasteiger partial charge in [0.25, 0.3) is 5.91 Å². The van der Waals surface area contributed by atoms with Crippen molar-refractivity contribution in [1.82, 2.24) is 9.88 Å². The summed E-state index contributed by atoms with van der Waals surface area (Å²) in [5, 5.41) is 3.37. The smallest absolute Gasteiger partial charge is 0.255 e. The quantitative estimate of drug-likeness (QED) is 0.923. The van der Waals surface area contributed by atoms with E-state index in [1.807, 2.05) is 4.90 Å². The van der Waals surface area contributed by atoms with Crippen molar-refractivity contribution >= 4 is 23.3 Å². The molecule has 1 N–H and O–H groups in total. The van der Waals surface area contributed by atoms with E-state index in [0.717, 1.165) is 32.2 Å². The molecule has 1 aromatic rings. The number of nitrogens with one attached hydrogen (secondary N) is 1. The van der Waals surface area contributed by atoms with Crippen LogP contribution in [-0.2, 0) is 0 Å². The maximum atomic E-state index is 12.8. The number of likely N-dealkylation sites (tertiary alicyclic amines) is 1. The van der Waals surface area contributed by atoms with Crippen molar-refractivity contribution in [2.45, 2.75) is 45.1 Å². The fourth-order valence-electron chi connectivity index (χ4n) is 2.80. The van der Waals surface area contributed by atoms with E-state index in [0.29, 0.717) is 22.4 Å². The number of piperidine rings is 1. The van der Waals surface area contributed by atoms with Gasteiger partial charge in [-0.1, -0.05) is 24.9 Å². The number of aromatic nitrogens is 1. The predicted octanol–water partition coefficient (Wildman–Crippen LogP) is 3.57. The molecular weight excluding hydrogens is 274 g/mol. The lowest BCUT2D eigenvalue weighted by molar-refractivity contribution is 0.0601. The Morgan fingerprint density at radius 1 is 1.55 bits per heavy atom. The van der Waals surface area contributed by atoms with Crippen LogP contribution in [-0.4, -0.2) is 35.4 Å². The second-order valence-electron chi connectivity index (χ2n) is 5.24. The largest absolute Gasteiger partial charge is 0.373 e. The number of nitrogens with zero attached hydrogens (tertiary/aromatic N) is 2. The van der Waals surface area contributed by atoms with Crippen molar-refractivity contribution in [3.05, 3.63) is 22.8 Å². The Bertz CT molecular complexity index is 476. The van der Waals surface area contributed by atoms with Crippen molar-refractivity contribution in [1.29, 1.82) is 0 Å². The zero-order valence-corrected chi connectivity index (χ0v) is 12.9. The number of carbonyl (C=O) groups is 1. The molecule has 1 unspecified atom stereocenters. The summed E-state index contributed by atoms with van der Waals surface area (Å²) in [6, 6.07) is 2.09. The van der Waals surface area contributed by atoms with E-state index in [2.05, 4.69) is 17.2 Å². The Morgan fingerprint density at radius 2 is 2.35 bits per heavy atom. The van der Waals surface area contributed by atoms with Gasteiger partial charge in [-0.3, -0.25) is 4.79 Å². The normalized spacial score (nSPS) is 18.9. The first-order chi connectivity index (χ1) is 9.67. The molecule has 5 heteroatoms. The number of carbonyl (C=O) groups excluding carboxylic acids is 1. The summed E-state index contributed by atoms with van der Waals surface area (Å²) < 4.78 is 0. The Balaban J connectivity index is 2.24. The number of rotatable bonds is 4. The third-order valence-electron chi connectivity index (χ3n) is 3.85. The molecule has 1 aliphatic rings. The molecule has 1 atom stereocenters. The van der Waals surface area contributed by atoms with Gasteiger partial charge in [0.05, 0.1) is 10.6 Å². The first kappa shape index (κ1) is 15.1. The minimum Gasteiger partial charge on any atom is -0.373 e. The maximum Gasteiger partial charge on any atom is 0.255 e. The van der Waals surface area contributed by atoms with Gasteiger partial charge in [0.15, 0.2) is 0 Å². The van der Waals surface area contributed by atoms with Crippen molar-refractivity contribution in [2.24, 2.45) is 0 Å². The van der Waals surface area contributed by atoms with Crippen LogP contribution in [0.2, 0.25) is 5.02 Å². The Labute approximate surface area is 125 Å². The van der Waals surface area contributed by atoms with E-state index in [1.54, 1.807) is 19.3 Å². The van der Waals surface area contributed by atoms with Crippen LogP contribution in [0.15, 0.2) is 12.3 Å². The molecule has 2 heterocycles. The molecule has 4 nitrogen and oxygen atoms in total. The van der Waals surface area contributed by atoms with Crippen LogP contribution < -0.4 is 5.32 Å². The van der Waals surface area contributed by atoms with Crippen LogP contribution in [0.4, 0.5) is 5.82 Å². The highest BCUT2D eigenvalue weighted by molar-refractivity contribution is 6.33. The molecule has 1 amide bonds. The number of hydrogen-bond acceptors (Lipinski definition) is 3. The van der Waals surface area contributed by atoms with E-state index >= 15 is 0 Å². The van der Waals surface area contributed by atoms with Crippen molar-refractivity contribution < 1.29 is 4.79 Å². The monoisotopic (exact) mass is 295 g/mol. The van der Waals surface area contributed by atoms with Crippen LogP contribution in [0, 0.1) is 0 Å². The number of anilines is 1. The van der Waals surface area contributed by atoms with Gasteiger partial charge in [-0.15, -0.1) is 0 Å². The van der Waals surface area contributed by atoms with Gasteiger partial charge in [-0.25, -0.2) is 4.98 Å². The van der Waals surface area contributed by atoms with Gasteiger partial charge < -0.3 is 10.2 Å². The van der Waals surface area contributed by atoms with E-state index in [1.165, 1.54) is 6.42 Å². The first-order valence-electron chi connectivity index (χ1n) is 7.31. The van der Waals surface area contributed by atoms with Gasteiger partial charge in [0, 0.05) is 25.8 Å². The van der Waals surface area contributed by atoms with E-state index < -0.39 is 0 Å². The lowest BCUT2D eigenvalue weighted by atomic mass is 9.97. The summed E-state index contributed by atoms with van der Waals surface area (Å²) in [6.45, 7) is 2.99. The van der Waals surface area contributed by atoms with Crippen LogP contribution in [0.3, 0.4) is 0 Å². The summed E-state index contributed by atoms with van der Waals surface area (Å²) in [5.74, 6) is 0.703. The van der Waals surface area contributed by atoms with Gasteiger partial charge in [0.1, 0.15) is 5.82 Å². The zero-order chi connectivity index (χ0) is 14.5.